The Morgan fingerprint density at radius 2 is 2.24 bits per heavy atom. The molecule has 1 rings (SSSR count). The first-order valence-corrected chi connectivity index (χ1v) is 6.69. The van der Waals surface area contributed by atoms with Crippen LogP contribution in [0, 0.1) is 11.8 Å². The summed E-state index contributed by atoms with van der Waals surface area (Å²) >= 11 is 0. The fourth-order valence-corrected chi connectivity index (χ4v) is 2.53. The van der Waals surface area contributed by atoms with Crippen molar-refractivity contribution in [2.45, 2.75) is 45.6 Å². The Hall–Kier alpha value is -0.610. The summed E-state index contributed by atoms with van der Waals surface area (Å²) in [5.74, 6) is 1.24. The standard InChI is InChI=1S/C13H26N2O2/c1-10(2)11-4-3-5-12(8-11)15-6-7-17-9-13(14)16/h10-12,15H,3-9H2,1-2H3,(H2,14,16). The lowest BCUT2D eigenvalue weighted by Crippen LogP contribution is -2.37. The molecule has 1 saturated carbocycles. The molecular weight excluding hydrogens is 216 g/mol. The van der Waals surface area contributed by atoms with E-state index in [9.17, 15) is 4.79 Å². The maximum absolute atomic E-state index is 10.5. The molecule has 1 aliphatic carbocycles. The molecule has 1 fully saturated rings. The molecule has 0 heterocycles. The Labute approximate surface area is 104 Å². The molecule has 0 radical (unpaired) electrons. The first kappa shape index (κ1) is 14.5. The zero-order valence-corrected chi connectivity index (χ0v) is 11.1. The van der Waals surface area contributed by atoms with Crippen LogP contribution in [0.15, 0.2) is 0 Å². The number of carbonyl (C=O) groups is 1. The smallest absolute Gasteiger partial charge is 0.243 e. The molecule has 4 nitrogen and oxygen atoms in total. The van der Waals surface area contributed by atoms with Crippen molar-refractivity contribution in [2.24, 2.45) is 17.6 Å². The maximum atomic E-state index is 10.5. The van der Waals surface area contributed by atoms with Crippen LogP contribution in [0.1, 0.15) is 39.5 Å². The lowest BCUT2D eigenvalue weighted by Gasteiger charge is -2.32. The molecule has 0 bridgehead atoms. The average Bonchev–Trinajstić information content (AvgIpc) is 2.28. The molecule has 1 amide bonds. The monoisotopic (exact) mass is 242 g/mol. The summed E-state index contributed by atoms with van der Waals surface area (Å²) in [7, 11) is 0. The summed E-state index contributed by atoms with van der Waals surface area (Å²) in [4.78, 5) is 10.5. The van der Waals surface area contributed by atoms with Gasteiger partial charge in [-0.1, -0.05) is 26.7 Å². The second-order valence-electron chi connectivity index (χ2n) is 5.34. The van der Waals surface area contributed by atoms with Crippen LogP contribution in [0.2, 0.25) is 0 Å². The van der Waals surface area contributed by atoms with Crippen molar-refractivity contribution in [1.82, 2.24) is 5.32 Å². The summed E-state index contributed by atoms with van der Waals surface area (Å²) < 4.78 is 5.12. The van der Waals surface area contributed by atoms with Gasteiger partial charge in [0.15, 0.2) is 0 Å². The quantitative estimate of drug-likeness (QED) is 0.661. The summed E-state index contributed by atoms with van der Waals surface area (Å²) in [5, 5.41) is 3.50. The summed E-state index contributed by atoms with van der Waals surface area (Å²) in [6.45, 7) is 6.02. The molecule has 0 aliphatic heterocycles. The SMILES string of the molecule is CC(C)C1CCCC(NCCOCC(N)=O)C1. The Morgan fingerprint density at radius 3 is 2.88 bits per heavy atom. The van der Waals surface area contributed by atoms with Crippen molar-refractivity contribution in [3.8, 4) is 0 Å². The third kappa shape index (κ3) is 6.03. The van der Waals surface area contributed by atoms with Gasteiger partial charge in [-0.3, -0.25) is 4.79 Å². The molecule has 2 atom stereocenters. The second kappa shape index (κ2) is 7.67. The molecule has 0 aromatic heterocycles. The van der Waals surface area contributed by atoms with Crippen molar-refractivity contribution >= 4 is 5.91 Å². The molecular formula is C13H26N2O2. The lowest BCUT2D eigenvalue weighted by molar-refractivity contribution is -0.122. The van der Waals surface area contributed by atoms with Crippen molar-refractivity contribution in [3.05, 3.63) is 0 Å². The largest absolute Gasteiger partial charge is 0.370 e. The topological polar surface area (TPSA) is 64.3 Å². The highest BCUT2D eigenvalue weighted by molar-refractivity contribution is 5.74. The second-order valence-corrected chi connectivity index (χ2v) is 5.34. The van der Waals surface area contributed by atoms with E-state index in [0.29, 0.717) is 12.6 Å². The van der Waals surface area contributed by atoms with Gasteiger partial charge in [-0.2, -0.15) is 0 Å². The molecule has 100 valence electrons. The van der Waals surface area contributed by atoms with Crippen LogP contribution < -0.4 is 11.1 Å². The highest BCUT2D eigenvalue weighted by Crippen LogP contribution is 2.29. The van der Waals surface area contributed by atoms with E-state index in [0.717, 1.165) is 18.4 Å². The van der Waals surface area contributed by atoms with Gasteiger partial charge in [0, 0.05) is 12.6 Å². The van der Waals surface area contributed by atoms with Gasteiger partial charge >= 0.3 is 0 Å². The van der Waals surface area contributed by atoms with Gasteiger partial charge in [0.2, 0.25) is 5.91 Å². The number of carbonyl (C=O) groups excluding carboxylic acids is 1. The fraction of sp³-hybridized carbons (Fsp3) is 0.923. The van der Waals surface area contributed by atoms with Crippen LogP contribution in [0.25, 0.3) is 0 Å². The molecule has 1 aliphatic rings. The minimum Gasteiger partial charge on any atom is -0.370 e. The number of hydrogen-bond donors (Lipinski definition) is 2. The van der Waals surface area contributed by atoms with Gasteiger partial charge < -0.3 is 15.8 Å². The van der Waals surface area contributed by atoms with Gasteiger partial charge in [0.25, 0.3) is 0 Å². The van der Waals surface area contributed by atoms with Crippen LogP contribution in [-0.4, -0.2) is 31.7 Å². The zero-order valence-electron chi connectivity index (χ0n) is 11.1. The Bertz CT molecular complexity index is 231. The number of nitrogens with two attached hydrogens (primary N) is 1. The van der Waals surface area contributed by atoms with Crippen molar-refractivity contribution in [2.75, 3.05) is 19.8 Å². The molecule has 4 heteroatoms. The van der Waals surface area contributed by atoms with Crippen molar-refractivity contribution < 1.29 is 9.53 Å². The fourth-order valence-electron chi connectivity index (χ4n) is 2.53. The van der Waals surface area contributed by atoms with Gasteiger partial charge in [0.05, 0.1) is 6.61 Å². The number of nitrogens with one attached hydrogen (secondary N) is 1. The van der Waals surface area contributed by atoms with Crippen LogP contribution >= 0.6 is 0 Å². The van der Waals surface area contributed by atoms with Crippen molar-refractivity contribution in [3.63, 3.8) is 0 Å². The van der Waals surface area contributed by atoms with Crippen LogP contribution in [0.4, 0.5) is 0 Å². The first-order chi connectivity index (χ1) is 8.09. The van der Waals surface area contributed by atoms with E-state index in [4.69, 9.17) is 10.5 Å². The summed E-state index contributed by atoms with van der Waals surface area (Å²) in [6.07, 6.45) is 5.23. The highest BCUT2D eigenvalue weighted by Gasteiger charge is 2.23. The first-order valence-electron chi connectivity index (χ1n) is 6.69. The maximum Gasteiger partial charge on any atom is 0.243 e. The normalized spacial score (nSPS) is 25.1. The predicted octanol–water partition coefficient (Wildman–Crippen LogP) is 1.29. The Morgan fingerprint density at radius 1 is 1.47 bits per heavy atom. The Kier molecular flexibility index (Phi) is 6.52. The third-order valence-corrected chi connectivity index (χ3v) is 3.58. The van der Waals surface area contributed by atoms with Gasteiger partial charge in [-0.25, -0.2) is 0 Å². The highest BCUT2D eigenvalue weighted by atomic mass is 16.5. The molecule has 0 spiro atoms. The van der Waals surface area contributed by atoms with Gasteiger partial charge in [0.1, 0.15) is 6.61 Å². The third-order valence-electron chi connectivity index (χ3n) is 3.58. The van der Waals surface area contributed by atoms with E-state index in [-0.39, 0.29) is 6.61 Å². The van der Waals surface area contributed by atoms with E-state index < -0.39 is 5.91 Å². The van der Waals surface area contributed by atoms with Gasteiger partial charge in [-0.15, -0.1) is 0 Å². The Balaban J connectivity index is 2.08. The van der Waals surface area contributed by atoms with Crippen LogP contribution in [-0.2, 0) is 9.53 Å². The number of hydrogen-bond acceptors (Lipinski definition) is 3. The molecule has 17 heavy (non-hydrogen) atoms. The summed E-state index contributed by atoms with van der Waals surface area (Å²) in [5.41, 5.74) is 4.98. The zero-order chi connectivity index (χ0) is 12.7. The predicted molar refractivity (Wildman–Crippen MR) is 68.6 cm³/mol. The molecule has 0 aromatic rings. The minimum atomic E-state index is -0.400. The van der Waals surface area contributed by atoms with E-state index in [1.807, 2.05) is 0 Å². The van der Waals surface area contributed by atoms with Crippen LogP contribution in [0.5, 0.6) is 0 Å². The molecule has 0 aromatic carbocycles. The molecule has 2 unspecified atom stereocenters. The number of primary amides is 1. The number of amides is 1. The van der Waals surface area contributed by atoms with Gasteiger partial charge in [-0.05, 0) is 24.7 Å². The average molecular weight is 242 g/mol. The number of ether oxygens (including phenoxy) is 1. The lowest BCUT2D eigenvalue weighted by atomic mass is 9.79. The van der Waals surface area contributed by atoms with Crippen molar-refractivity contribution in [1.29, 1.82) is 0 Å². The van der Waals surface area contributed by atoms with E-state index >= 15 is 0 Å². The summed E-state index contributed by atoms with van der Waals surface area (Å²) in [6, 6.07) is 0.619. The van der Waals surface area contributed by atoms with E-state index in [1.165, 1.54) is 25.7 Å². The van der Waals surface area contributed by atoms with E-state index in [1.54, 1.807) is 0 Å². The van der Waals surface area contributed by atoms with Crippen LogP contribution in [0.3, 0.4) is 0 Å². The minimum absolute atomic E-state index is 0.0287. The molecule has 0 saturated heterocycles. The van der Waals surface area contributed by atoms with E-state index in [2.05, 4.69) is 19.2 Å². The number of rotatable bonds is 7. The molecule has 3 N–H and O–H groups in total.